The van der Waals surface area contributed by atoms with E-state index in [0.29, 0.717) is 18.6 Å². The van der Waals surface area contributed by atoms with Crippen molar-refractivity contribution in [2.24, 2.45) is 4.99 Å². The first kappa shape index (κ1) is 14.4. The molecule has 0 spiro atoms. The van der Waals surface area contributed by atoms with Crippen molar-refractivity contribution in [1.82, 2.24) is 0 Å². The minimum absolute atomic E-state index is 0.267. The number of rotatable bonds is 7. The number of benzene rings is 1. The van der Waals surface area contributed by atoms with Crippen LogP contribution in [0.2, 0.25) is 0 Å². The second kappa shape index (κ2) is 8.45. The molecule has 0 amide bonds. The van der Waals surface area contributed by atoms with Gasteiger partial charge in [0.1, 0.15) is 0 Å². The molecule has 3 heteroatoms. The number of hydrogen-bond acceptors (Lipinski definition) is 3. The van der Waals surface area contributed by atoms with Gasteiger partial charge in [-0.15, -0.1) is 0 Å². The van der Waals surface area contributed by atoms with Crippen LogP contribution in [-0.4, -0.2) is 24.8 Å². The number of aliphatic imine (C=N–C) groups is 1. The van der Waals surface area contributed by atoms with Gasteiger partial charge in [-0.2, -0.15) is 0 Å². The molecule has 1 aromatic rings. The predicted molar refractivity (Wildman–Crippen MR) is 74.2 cm³/mol. The first-order chi connectivity index (χ1) is 8.74. The fraction of sp³-hybridized carbons (Fsp3) is 0.467. The van der Waals surface area contributed by atoms with E-state index < -0.39 is 0 Å². The Morgan fingerprint density at radius 2 is 2.00 bits per heavy atom. The largest absolute Gasteiger partial charge is 0.462 e. The zero-order valence-corrected chi connectivity index (χ0v) is 11.2. The maximum Gasteiger partial charge on any atom is 0.338 e. The molecule has 0 aliphatic heterocycles. The molecule has 0 aliphatic carbocycles. The Hall–Kier alpha value is -1.64. The van der Waals surface area contributed by atoms with E-state index in [0.717, 1.165) is 25.1 Å². The third-order valence-corrected chi connectivity index (χ3v) is 2.60. The Labute approximate surface area is 109 Å². The van der Waals surface area contributed by atoms with Gasteiger partial charge in [-0.3, -0.25) is 4.99 Å². The van der Waals surface area contributed by atoms with Crippen LogP contribution in [0.1, 0.15) is 43.5 Å². The maximum atomic E-state index is 11.6. The molecule has 0 atom stereocenters. The molecule has 0 aromatic heterocycles. The van der Waals surface area contributed by atoms with E-state index in [1.54, 1.807) is 12.1 Å². The average Bonchev–Trinajstić information content (AvgIpc) is 2.40. The van der Waals surface area contributed by atoms with Crippen LogP contribution in [0, 0.1) is 0 Å². The summed E-state index contributed by atoms with van der Waals surface area (Å²) in [6.45, 7) is 5.39. The molecule has 0 heterocycles. The van der Waals surface area contributed by atoms with Crippen molar-refractivity contribution in [2.75, 3.05) is 13.2 Å². The molecule has 0 fully saturated rings. The monoisotopic (exact) mass is 247 g/mol. The average molecular weight is 247 g/mol. The zero-order valence-electron chi connectivity index (χ0n) is 11.2. The number of carbonyl (C=O) groups is 1. The molecule has 1 aromatic carbocycles. The smallest absolute Gasteiger partial charge is 0.338 e. The lowest BCUT2D eigenvalue weighted by atomic mass is 10.2. The highest BCUT2D eigenvalue weighted by molar-refractivity contribution is 5.89. The molecule has 0 saturated heterocycles. The third kappa shape index (κ3) is 5.62. The maximum absolute atomic E-state index is 11.6. The van der Waals surface area contributed by atoms with Crippen molar-refractivity contribution >= 4 is 11.7 Å². The van der Waals surface area contributed by atoms with Crippen molar-refractivity contribution in [3.05, 3.63) is 35.9 Å². The summed E-state index contributed by atoms with van der Waals surface area (Å²) in [6.07, 6.45) is 2.98. The Bertz CT molecular complexity index is 385. The van der Waals surface area contributed by atoms with Gasteiger partial charge in [0.25, 0.3) is 0 Å². The van der Waals surface area contributed by atoms with Crippen LogP contribution in [0.3, 0.4) is 0 Å². The number of ether oxygens (including phenoxy) is 1. The number of unbranched alkanes of at least 4 members (excludes halogenated alkanes) is 1. The van der Waals surface area contributed by atoms with Gasteiger partial charge in [-0.1, -0.05) is 31.5 Å². The summed E-state index contributed by atoms with van der Waals surface area (Å²) < 4.78 is 5.19. The van der Waals surface area contributed by atoms with E-state index in [9.17, 15) is 4.79 Å². The van der Waals surface area contributed by atoms with Crippen LogP contribution < -0.4 is 0 Å². The molecule has 0 bridgehead atoms. The second-order valence-corrected chi connectivity index (χ2v) is 4.22. The van der Waals surface area contributed by atoms with E-state index in [4.69, 9.17) is 4.74 Å². The normalized spacial score (nSPS) is 11.3. The van der Waals surface area contributed by atoms with E-state index in [-0.39, 0.29) is 5.97 Å². The summed E-state index contributed by atoms with van der Waals surface area (Å²) in [7, 11) is 0. The quantitative estimate of drug-likeness (QED) is 0.420. The van der Waals surface area contributed by atoms with Gasteiger partial charge < -0.3 is 4.74 Å². The number of nitrogens with zero attached hydrogens (tertiary/aromatic N) is 1. The summed E-state index contributed by atoms with van der Waals surface area (Å²) in [5.41, 5.74) is 1.64. The summed E-state index contributed by atoms with van der Waals surface area (Å²) in [6, 6.07) is 9.04. The van der Waals surface area contributed by atoms with E-state index in [1.165, 1.54) is 0 Å². The lowest BCUT2D eigenvalue weighted by Gasteiger charge is -2.04. The summed E-state index contributed by atoms with van der Waals surface area (Å²) in [5.74, 6) is -0.267. The molecule has 0 N–H and O–H groups in total. The molecule has 18 heavy (non-hydrogen) atoms. The Morgan fingerprint density at radius 3 is 2.67 bits per heavy atom. The van der Waals surface area contributed by atoms with Crippen LogP contribution in [0.4, 0.5) is 0 Å². The lowest BCUT2D eigenvalue weighted by Crippen LogP contribution is -2.08. The third-order valence-electron chi connectivity index (χ3n) is 2.60. The summed E-state index contributed by atoms with van der Waals surface area (Å²) >= 11 is 0. The SMILES string of the molecule is CCCCN=C(C)CCOC(=O)c1ccccc1. The summed E-state index contributed by atoms with van der Waals surface area (Å²) in [5, 5.41) is 0. The van der Waals surface area contributed by atoms with Crippen molar-refractivity contribution in [3.63, 3.8) is 0 Å². The summed E-state index contributed by atoms with van der Waals surface area (Å²) in [4.78, 5) is 16.0. The minimum atomic E-state index is -0.267. The van der Waals surface area contributed by atoms with Gasteiger partial charge in [0, 0.05) is 18.7 Å². The Kier molecular flexibility index (Phi) is 6.77. The molecule has 0 aliphatic rings. The minimum Gasteiger partial charge on any atom is -0.462 e. The number of hydrogen-bond donors (Lipinski definition) is 0. The van der Waals surface area contributed by atoms with Gasteiger partial charge >= 0.3 is 5.97 Å². The number of esters is 1. The first-order valence-corrected chi connectivity index (χ1v) is 6.46. The highest BCUT2D eigenvalue weighted by Crippen LogP contribution is 2.02. The van der Waals surface area contributed by atoms with Crippen molar-refractivity contribution < 1.29 is 9.53 Å². The molecule has 3 nitrogen and oxygen atoms in total. The highest BCUT2D eigenvalue weighted by atomic mass is 16.5. The fourth-order valence-electron chi connectivity index (χ4n) is 1.46. The van der Waals surface area contributed by atoms with Gasteiger partial charge in [-0.05, 0) is 25.5 Å². The fourth-order valence-corrected chi connectivity index (χ4v) is 1.46. The van der Waals surface area contributed by atoms with Crippen molar-refractivity contribution in [3.8, 4) is 0 Å². The van der Waals surface area contributed by atoms with Gasteiger partial charge in [0.2, 0.25) is 0 Å². The molecule has 0 saturated carbocycles. The van der Waals surface area contributed by atoms with E-state index in [1.807, 2.05) is 25.1 Å². The van der Waals surface area contributed by atoms with E-state index in [2.05, 4.69) is 11.9 Å². The van der Waals surface area contributed by atoms with E-state index >= 15 is 0 Å². The van der Waals surface area contributed by atoms with Crippen LogP contribution in [0.25, 0.3) is 0 Å². The van der Waals surface area contributed by atoms with Crippen molar-refractivity contribution in [1.29, 1.82) is 0 Å². The Morgan fingerprint density at radius 1 is 1.28 bits per heavy atom. The topological polar surface area (TPSA) is 38.7 Å². The van der Waals surface area contributed by atoms with Crippen molar-refractivity contribution in [2.45, 2.75) is 33.1 Å². The standard InChI is InChI=1S/C15H21NO2/c1-3-4-11-16-13(2)10-12-18-15(17)14-8-6-5-7-9-14/h5-9H,3-4,10-12H2,1-2H3. The number of carbonyl (C=O) groups excluding carboxylic acids is 1. The molecular formula is C15H21NO2. The van der Waals surface area contributed by atoms with Crippen LogP contribution in [-0.2, 0) is 4.74 Å². The molecular weight excluding hydrogens is 226 g/mol. The highest BCUT2D eigenvalue weighted by Gasteiger charge is 2.05. The van der Waals surface area contributed by atoms with Gasteiger partial charge in [0.05, 0.1) is 12.2 Å². The molecule has 1 rings (SSSR count). The van der Waals surface area contributed by atoms with Crippen LogP contribution in [0.5, 0.6) is 0 Å². The molecule has 0 unspecified atom stereocenters. The molecule has 0 radical (unpaired) electrons. The Balaban J connectivity index is 2.25. The molecule has 98 valence electrons. The van der Waals surface area contributed by atoms with Gasteiger partial charge in [-0.25, -0.2) is 4.79 Å². The van der Waals surface area contributed by atoms with Crippen LogP contribution in [0.15, 0.2) is 35.3 Å². The van der Waals surface area contributed by atoms with Gasteiger partial charge in [0.15, 0.2) is 0 Å². The first-order valence-electron chi connectivity index (χ1n) is 6.46. The zero-order chi connectivity index (χ0) is 13.2. The predicted octanol–water partition coefficient (Wildman–Crippen LogP) is 3.49. The lowest BCUT2D eigenvalue weighted by molar-refractivity contribution is 0.0515. The second-order valence-electron chi connectivity index (χ2n) is 4.22. The van der Waals surface area contributed by atoms with Crippen LogP contribution >= 0.6 is 0 Å².